The topological polar surface area (TPSA) is 45.9 Å². The van der Waals surface area contributed by atoms with Crippen LogP contribution >= 0.6 is 0 Å². The molecule has 134 valence electrons. The molecule has 1 aromatic heterocycles. The Hall–Kier alpha value is -2.11. The highest BCUT2D eigenvalue weighted by Gasteiger charge is 2.21. The van der Waals surface area contributed by atoms with E-state index in [1.807, 2.05) is 0 Å². The van der Waals surface area contributed by atoms with E-state index in [1.54, 1.807) is 13.0 Å². The van der Waals surface area contributed by atoms with Crippen molar-refractivity contribution in [1.29, 1.82) is 0 Å². The maximum Gasteiger partial charge on any atom is 0.341 e. The Morgan fingerprint density at radius 2 is 1.72 bits per heavy atom. The zero-order chi connectivity index (χ0) is 17.8. The third-order valence-corrected chi connectivity index (χ3v) is 4.87. The van der Waals surface area contributed by atoms with Crippen LogP contribution in [-0.2, 0) is 17.8 Å². The third-order valence-electron chi connectivity index (χ3n) is 4.87. The maximum atomic E-state index is 11.7. The van der Waals surface area contributed by atoms with Crippen LogP contribution in [-0.4, -0.2) is 49.1 Å². The summed E-state index contributed by atoms with van der Waals surface area (Å²) in [4.78, 5) is 16.5. The van der Waals surface area contributed by atoms with E-state index in [0.29, 0.717) is 11.3 Å². The average Bonchev–Trinajstić information content (AvgIpc) is 2.98. The van der Waals surface area contributed by atoms with Crippen molar-refractivity contribution in [3.63, 3.8) is 0 Å². The first-order valence-corrected chi connectivity index (χ1v) is 8.73. The van der Waals surface area contributed by atoms with Gasteiger partial charge in [-0.1, -0.05) is 24.3 Å². The number of carbonyl (C=O) groups excluding carboxylic acids is 1. The summed E-state index contributed by atoms with van der Waals surface area (Å²) >= 11 is 0. The normalized spacial score (nSPS) is 16.1. The Kier molecular flexibility index (Phi) is 5.56. The molecule has 2 aromatic rings. The zero-order valence-corrected chi connectivity index (χ0v) is 15.2. The summed E-state index contributed by atoms with van der Waals surface area (Å²) in [7, 11) is 1.39. The molecule has 1 fully saturated rings. The fourth-order valence-electron chi connectivity index (χ4n) is 3.29. The number of esters is 1. The molecule has 5 nitrogen and oxygen atoms in total. The Bertz CT molecular complexity index is 730. The van der Waals surface area contributed by atoms with Crippen LogP contribution in [0.4, 0.5) is 0 Å². The molecule has 1 aliphatic rings. The summed E-state index contributed by atoms with van der Waals surface area (Å²) in [6, 6.07) is 10.4. The van der Waals surface area contributed by atoms with E-state index < -0.39 is 0 Å². The second kappa shape index (κ2) is 7.85. The van der Waals surface area contributed by atoms with Crippen molar-refractivity contribution < 1.29 is 13.9 Å². The molecule has 0 atom stereocenters. The van der Waals surface area contributed by atoms with Gasteiger partial charge in [0.25, 0.3) is 0 Å². The molecule has 1 aromatic carbocycles. The standard InChI is InChI=1S/C20H26N2O3/c1-15-6-4-5-7-17(15)13-21-8-10-22(11-9-21)14-18-12-19(16(2)25-18)20(23)24-3/h4-7,12H,8-11,13-14H2,1-3H3. The predicted molar refractivity (Wildman–Crippen MR) is 96.5 cm³/mol. The van der Waals surface area contributed by atoms with Gasteiger partial charge in [-0.25, -0.2) is 4.79 Å². The number of furan rings is 1. The van der Waals surface area contributed by atoms with Crippen molar-refractivity contribution in [2.45, 2.75) is 26.9 Å². The molecule has 5 heteroatoms. The van der Waals surface area contributed by atoms with E-state index in [2.05, 4.69) is 41.0 Å². The van der Waals surface area contributed by atoms with Gasteiger partial charge in [0.15, 0.2) is 0 Å². The first kappa shape index (κ1) is 17.7. The zero-order valence-electron chi connectivity index (χ0n) is 15.2. The second-order valence-electron chi connectivity index (χ2n) is 6.65. The maximum absolute atomic E-state index is 11.7. The number of rotatable bonds is 5. The molecule has 1 aliphatic heterocycles. The number of benzene rings is 1. The van der Waals surface area contributed by atoms with Gasteiger partial charge in [-0.15, -0.1) is 0 Å². The van der Waals surface area contributed by atoms with E-state index in [4.69, 9.17) is 9.15 Å². The Morgan fingerprint density at radius 1 is 1.08 bits per heavy atom. The van der Waals surface area contributed by atoms with Crippen LogP contribution in [0.15, 0.2) is 34.7 Å². The van der Waals surface area contributed by atoms with Crippen LogP contribution in [0.2, 0.25) is 0 Å². The van der Waals surface area contributed by atoms with Gasteiger partial charge in [-0.05, 0) is 31.0 Å². The van der Waals surface area contributed by atoms with E-state index in [9.17, 15) is 4.79 Å². The average molecular weight is 342 g/mol. The lowest BCUT2D eigenvalue weighted by atomic mass is 10.1. The molecule has 3 rings (SSSR count). The minimum atomic E-state index is -0.337. The molecule has 0 bridgehead atoms. The molecular weight excluding hydrogens is 316 g/mol. The lowest BCUT2D eigenvalue weighted by Crippen LogP contribution is -2.45. The van der Waals surface area contributed by atoms with Gasteiger partial charge in [0.1, 0.15) is 17.1 Å². The van der Waals surface area contributed by atoms with Crippen molar-refractivity contribution in [2.75, 3.05) is 33.3 Å². The first-order chi connectivity index (χ1) is 12.1. The quantitative estimate of drug-likeness (QED) is 0.782. The highest BCUT2D eigenvalue weighted by Crippen LogP contribution is 2.19. The molecule has 0 N–H and O–H groups in total. The number of ether oxygens (including phenoxy) is 1. The van der Waals surface area contributed by atoms with Gasteiger partial charge in [-0.3, -0.25) is 9.80 Å². The minimum Gasteiger partial charge on any atom is -0.465 e. The molecule has 2 heterocycles. The number of carbonyl (C=O) groups is 1. The summed E-state index contributed by atoms with van der Waals surface area (Å²) in [5.74, 6) is 1.11. The van der Waals surface area contributed by atoms with Gasteiger partial charge < -0.3 is 9.15 Å². The molecule has 0 unspecified atom stereocenters. The Balaban J connectivity index is 1.53. The van der Waals surface area contributed by atoms with Crippen molar-refractivity contribution in [3.8, 4) is 0 Å². The third kappa shape index (κ3) is 4.30. The number of nitrogens with zero attached hydrogens (tertiary/aromatic N) is 2. The van der Waals surface area contributed by atoms with Crippen molar-refractivity contribution in [1.82, 2.24) is 9.80 Å². The fourth-order valence-corrected chi connectivity index (χ4v) is 3.29. The van der Waals surface area contributed by atoms with Crippen LogP contribution < -0.4 is 0 Å². The van der Waals surface area contributed by atoms with Gasteiger partial charge in [0.2, 0.25) is 0 Å². The number of hydrogen-bond donors (Lipinski definition) is 0. The predicted octanol–water partition coefficient (Wildman–Crippen LogP) is 3.00. The molecule has 0 radical (unpaired) electrons. The van der Waals surface area contributed by atoms with Crippen LogP contribution in [0.5, 0.6) is 0 Å². The lowest BCUT2D eigenvalue weighted by molar-refractivity contribution is 0.0599. The van der Waals surface area contributed by atoms with Gasteiger partial charge in [0, 0.05) is 32.7 Å². The highest BCUT2D eigenvalue weighted by atomic mass is 16.5. The number of piperazine rings is 1. The van der Waals surface area contributed by atoms with Crippen LogP contribution in [0.25, 0.3) is 0 Å². The van der Waals surface area contributed by atoms with Crippen LogP contribution in [0, 0.1) is 13.8 Å². The smallest absolute Gasteiger partial charge is 0.341 e. The van der Waals surface area contributed by atoms with Gasteiger partial charge in [0.05, 0.1) is 13.7 Å². The van der Waals surface area contributed by atoms with E-state index >= 15 is 0 Å². The van der Waals surface area contributed by atoms with E-state index in [1.165, 1.54) is 18.2 Å². The molecule has 25 heavy (non-hydrogen) atoms. The summed E-state index contributed by atoms with van der Waals surface area (Å²) in [5.41, 5.74) is 3.28. The van der Waals surface area contributed by atoms with Crippen LogP contribution in [0.3, 0.4) is 0 Å². The van der Waals surface area contributed by atoms with Gasteiger partial charge >= 0.3 is 5.97 Å². The minimum absolute atomic E-state index is 0.337. The van der Waals surface area contributed by atoms with Crippen molar-refractivity contribution >= 4 is 5.97 Å². The molecule has 0 saturated carbocycles. The second-order valence-corrected chi connectivity index (χ2v) is 6.65. The molecule has 1 saturated heterocycles. The largest absolute Gasteiger partial charge is 0.465 e. The fraction of sp³-hybridized carbons (Fsp3) is 0.450. The Morgan fingerprint density at radius 3 is 2.36 bits per heavy atom. The lowest BCUT2D eigenvalue weighted by Gasteiger charge is -2.34. The number of hydrogen-bond acceptors (Lipinski definition) is 5. The van der Waals surface area contributed by atoms with Crippen molar-refractivity contribution in [3.05, 3.63) is 58.5 Å². The molecular formula is C20H26N2O3. The van der Waals surface area contributed by atoms with E-state index in [0.717, 1.165) is 45.0 Å². The number of methoxy groups -OCH3 is 1. The van der Waals surface area contributed by atoms with Crippen LogP contribution in [0.1, 0.15) is 33.0 Å². The summed E-state index contributed by atoms with van der Waals surface area (Å²) in [5, 5.41) is 0. The summed E-state index contributed by atoms with van der Waals surface area (Å²) in [6.45, 7) is 9.79. The number of aryl methyl sites for hydroxylation is 2. The first-order valence-electron chi connectivity index (χ1n) is 8.73. The Labute approximate surface area is 149 Å². The SMILES string of the molecule is COC(=O)c1cc(CN2CCN(Cc3ccccc3C)CC2)oc1C. The van der Waals surface area contributed by atoms with E-state index in [-0.39, 0.29) is 5.97 Å². The highest BCUT2D eigenvalue weighted by molar-refractivity contribution is 5.90. The monoisotopic (exact) mass is 342 g/mol. The van der Waals surface area contributed by atoms with Gasteiger partial charge in [-0.2, -0.15) is 0 Å². The summed E-state index contributed by atoms with van der Waals surface area (Å²) in [6.07, 6.45) is 0. The molecule has 0 spiro atoms. The van der Waals surface area contributed by atoms with Crippen molar-refractivity contribution in [2.24, 2.45) is 0 Å². The summed E-state index contributed by atoms with van der Waals surface area (Å²) < 4.78 is 10.5. The molecule has 0 amide bonds. The molecule has 0 aliphatic carbocycles.